The van der Waals surface area contributed by atoms with E-state index < -0.39 is 5.97 Å². The first-order valence-corrected chi connectivity index (χ1v) is 8.81. The predicted octanol–water partition coefficient (Wildman–Crippen LogP) is 2.35. The van der Waals surface area contributed by atoms with Gasteiger partial charge in [0.1, 0.15) is 11.9 Å². The van der Waals surface area contributed by atoms with E-state index in [2.05, 4.69) is 10.6 Å². The quantitative estimate of drug-likeness (QED) is 0.714. The van der Waals surface area contributed by atoms with Gasteiger partial charge in [-0.15, -0.1) is 0 Å². The number of nitrogens with one attached hydrogen (secondary N) is 2. The highest BCUT2D eigenvalue weighted by atomic mass is 16.5. The molecule has 2 aliphatic rings. The topological polar surface area (TPSA) is 87.7 Å². The molecule has 0 aliphatic carbocycles. The molecule has 0 bridgehead atoms. The lowest BCUT2D eigenvalue weighted by Gasteiger charge is -2.25. The summed E-state index contributed by atoms with van der Waals surface area (Å²) in [5, 5.41) is 15.1. The van der Waals surface area contributed by atoms with E-state index in [-0.39, 0.29) is 18.4 Å². The lowest BCUT2D eigenvalue weighted by atomic mass is 9.98. The molecule has 1 aromatic carbocycles. The van der Waals surface area contributed by atoms with Gasteiger partial charge < -0.3 is 20.5 Å². The van der Waals surface area contributed by atoms with Crippen LogP contribution in [0.15, 0.2) is 30.4 Å². The number of carboxylic acid groups (broad SMARTS) is 1. The van der Waals surface area contributed by atoms with E-state index in [1.807, 2.05) is 12.1 Å². The molecule has 0 radical (unpaired) electrons. The molecule has 2 heterocycles. The van der Waals surface area contributed by atoms with Crippen LogP contribution < -0.4 is 15.4 Å². The number of aryl methyl sites for hydroxylation is 1. The normalized spacial score (nSPS) is 20.7. The summed E-state index contributed by atoms with van der Waals surface area (Å²) in [5.74, 6) is 0.202. The number of hydrogen-bond donors (Lipinski definition) is 3. The van der Waals surface area contributed by atoms with Crippen LogP contribution in [0.5, 0.6) is 5.75 Å². The van der Waals surface area contributed by atoms with Crippen molar-refractivity contribution in [1.82, 2.24) is 5.32 Å². The molecule has 134 valence electrons. The van der Waals surface area contributed by atoms with E-state index in [9.17, 15) is 9.59 Å². The Morgan fingerprint density at radius 2 is 2.08 bits per heavy atom. The number of carbonyl (C=O) groups is 2. The van der Waals surface area contributed by atoms with Crippen LogP contribution in [0.3, 0.4) is 0 Å². The number of allylic oxidation sites excluding steroid dienone is 1. The summed E-state index contributed by atoms with van der Waals surface area (Å²) in [6, 6.07) is 5.50. The summed E-state index contributed by atoms with van der Waals surface area (Å²) in [6.07, 6.45) is 6.91. The van der Waals surface area contributed by atoms with Crippen molar-refractivity contribution in [3.05, 3.63) is 35.9 Å². The fraction of sp³-hybridized carbons (Fsp3) is 0.474. The molecular formula is C19H24N2O4. The van der Waals surface area contributed by atoms with Crippen LogP contribution in [0.2, 0.25) is 0 Å². The van der Waals surface area contributed by atoms with Crippen LogP contribution in [-0.2, 0) is 16.0 Å². The van der Waals surface area contributed by atoms with Gasteiger partial charge in [0.05, 0.1) is 6.42 Å². The highest BCUT2D eigenvalue weighted by Gasteiger charge is 2.22. The number of fused-ring (bicyclic) bond motifs is 1. The van der Waals surface area contributed by atoms with Crippen molar-refractivity contribution in [2.45, 2.75) is 38.2 Å². The maximum Gasteiger partial charge on any atom is 0.307 e. The lowest BCUT2D eigenvalue weighted by Crippen LogP contribution is -2.27. The van der Waals surface area contributed by atoms with Crippen molar-refractivity contribution in [3.63, 3.8) is 0 Å². The molecule has 0 saturated carbocycles. The Morgan fingerprint density at radius 3 is 2.84 bits per heavy atom. The lowest BCUT2D eigenvalue weighted by molar-refractivity contribution is -0.139. The van der Waals surface area contributed by atoms with Gasteiger partial charge in [-0.05, 0) is 74.5 Å². The number of ether oxygens (including phenoxy) is 1. The summed E-state index contributed by atoms with van der Waals surface area (Å²) in [7, 11) is 0. The third kappa shape index (κ3) is 5.06. The molecule has 3 N–H and O–H groups in total. The highest BCUT2D eigenvalue weighted by Crippen LogP contribution is 2.31. The fourth-order valence-electron chi connectivity index (χ4n) is 3.31. The maximum atomic E-state index is 12.1. The molecule has 6 nitrogen and oxygen atoms in total. The second-order valence-corrected chi connectivity index (χ2v) is 6.63. The average molecular weight is 344 g/mol. The number of anilines is 1. The number of carboxylic acids is 1. The van der Waals surface area contributed by atoms with Gasteiger partial charge >= 0.3 is 5.97 Å². The first kappa shape index (κ1) is 17.5. The molecule has 0 aromatic heterocycles. The first-order chi connectivity index (χ1) is 12.1. The van der Waals surface area contributed by atoms with Crippen molar-refractivity contribution in [3.8, 4) is 5.75 Å². The van der Waals surface area contributed by atoms with Crippen LogP contribution in [-0.4, -0.2) is 36.2 Å². The molecule has 25 heavy (non-hydrogen) atoms. The third-order valence-electron chi connectivity index (χ3n) is 4.66. The number of rotatable bonds is 5. The minimum atomic E-state index is -0.849. The second-order valence-electron chi connectivity index (χ2n) is 6.63. The van der Waals surface area contributed by atoms with Crippen LogP contribution in [0.25, 0.3) is 0 Å². The van der Waals surface area contributed by atoms with Gasteiger partial charge in [0.2, 0.25) is 5.91 Å². The summed E-state index contributed by atoms with van der Waals surface area (Å²) >= 11 is 0. The van der Waals surface area contributed by atoms with Gasteiger partial charge in [0, 0.05) is 5.69 Å². The van der Waals surface area contributed by atoms with Gasteiger partial charge in [-0.25, -0.2) is 0 Å². The number of benzene rings is 1. The zero-order valence-electron chi connectivity index (χ0n) is 14.2. The number of hydrogen-bond acceptors (Lipinski definition) is 4. The van der Waals surface area contributed by atoms with Crippen molar-refractivity contribution in [2.24, 2.45) is 5.92 Å². The van der Waals surface area contributed by atoms with E-state index in [1.165, 1.54) is 0 Å². The molecule has 0 spiro atoms. The fourth-order valence-corrected chi connectivity index (χ4v) is 3.31. The average Bonchev–Trinajstić information content (AvgIpc) is 2.60. The Bertz CT molecular complexity index is 665. The Labute approximate surface area is 147 Å². The van der Waals surface area contributed by atoms with E-state index in [4.69, 9.17) is 9.84 Å². The largest absolute Gasteiger partial charge is 0.490 e. The van der Waals surface area contributed by atoms with Gasteiger partial charge in [0.15, 0.2) is 0 Å². The van der Waals surface area contributed by atoms with Gasteiger partial charge in [-0.2, -0.15) is 0 Å². The van der Waals surface area contributed by atoms with Crippen molar-refractivity contribution < 1.29 is 19.4 Å². The minimum absolute atomic E-state index is 0.0133. The van der Waals surface area contributed by atoms with E-state index in [0.29, 0.717) is 18.1 Å². The third-order valence-corrected chi connectivity index (χ3v) is 4.66. The van der Waals surface area contributed by atoms with Gasteiger partial charge in [-0.3, -0.25) is 9.59 Å². The summed E-state index contributed by atoms with van der Waals surface area (Å²) in [5.41, 5.74) is 1.74. The Morgan fingerprint density at radius 1 is 1.28 bits per heavy atom. The highest BCUT2D eigenvalue weighted by molar-refractivity contribution is 5.99. The molecule has 1 saturated heterocycles. The molecule has 6 heteroatoms. The number of carbonyl (C=O) groups excluding carboxylic acids is 1. The van der Waals surface area contributed by atoms with Gasteiger partial charge in [0.25, 0.3) is 0 Å². The smallest absolute Gasteiger partial charge is 0.307 e. The maximum absolute atomic E-state index is 12.1. The molecule has 2 aliphatic heterocycles. The molecule has 1 atom stereocenters. The predicted molar refractivity (Wildman–Crippen MR) is 94.8 cm³/mol. The molecule has 3 rings (SSSR count). The van der Waals surface area contributed by atoms with E-state index in [0.717, 1.165) is 43.6 Å². The zero-order chi connectivity index (χ0) is 17.6. The second kappa shape index (κ2) is 8.16. The minimum Gasteiger partial charge on any atom is -0.490 e. The molecule has 1 fully saturated rings. The first-order valence-electron chi connectivity index (χ1n) is 8.81. The van der Waals surface area contributed by atoms with Gasteiger partial charge in [-0.1, -0.05) is 6.08 Å². The van der Waals surface area contributed by atoms with E-state index in [1.54, 1.807) is 18.2 Å². The monoisotopic (exact) mass is 344 g/mol. The molecule has 1 aromatic rings. The number of piperidine rings is 1. The van der Waals surface area contributed by atoms with Crippen molar-refractivity contribution in [1.29, 1.82) is 0 Å². The summed E-state index contributed by atoms with van der Waals surface area (Å²) in [4.78, 5) is 22.9. The Kier molecular flexibility index (Phi) is 5.71. The molecule has 1 unspecified atom stereocenters. The standard InChI is InChI=1S/C19H24N2O4/c22-18(6-1-13-7-9-20-10-8-13)21-15-3-5-17-14(11-15)2-4-16(25-17)12-19(23)24/h1,3,5-6,11,13,16,20H,2,4,7-10,12H2,(H,21,22)(H,23,24). The Balaban J connectivity index is 1.56. The van der Waals surface area contributed by atoms with Crippen LogP contribution in [0.1, 0.15) is 31.2 Å². The van der Waals surface area contributed by atoms with Crippen LogP contribution in [0, 0.1) is 5.92 Å². The SMILES string of the molecule is O=C(O)CC1CCc2cc(NC(=O)C=CC3CCNCC3)ccc2O1. The van der Waals surface area contributed by atoms with Crippen molar-refractivity contribution in [2.75, 3.05) is 18.4 Å². The summed E-state index contributed by atoms with van der Waals surface area (Å²) < 4.78 is 5.72. The van der Waals surface area contributed by atoms with Crippen LogP contribution >= 0.6 is 0 Å². The zero-order valence-corrected chi connectivity index (χ0v) is 14.2. The van der Waals surface area contributed by atoms with E-state index >= 15 is 0 Å². The van der Waals surface area contributed by atoms with Crippen molar-refractivity contribution >= 4 is 17.6 Å². The number of amides is 1. The summed E-state index contributed by atoms with van der Waals surface area (Å²) in [6.45, 7) is 2.01. The number of aliphatic carboxylic acids is 1. The molecule has 1 amide bonds. The molecular weight excluding hydrogens is 320 g/mol. The Hall–Kier alpha value is -2.34. The van der Waals surface area contributed by atoms with Crippen LogP contribution in [0.4, 0.5) is 5.69 Å².